The average molecular weight is 644 g/mol. The zero-order valence-electron chi connectivity index (χ0n) is 26.5. The van der Waals surface area contributed by atoms with Crippen molar-refractivity contribution in [1.82, 2.24) is 0 Å². The minimum atomic E-state index is 0.874. The fourth-order valence-electron chi connectivity index (χ4n) is 7.43. The molecular formula is C46H29NOS. The highest BCUT2D eigenvalue weighted by atomic mass is 32.1. The van der Waals surface area contributed by atoms with E-state index < -0.39 is 0 Å². The van der Waals surface area contributed by atoms with Crippen LogP contribution in [0.25, 0.3) is 75.1 Å². The molecule has 0 spiro atoms. The Hall–Kier alpha value is -6.16. The van der Waals surface area contributed by atoms with Gasteiger partial charge in [-0.1, -0.05) is 140 Å². The molecule has 0 saturated carbocycles. The number of para-hydroxylation sites is 1. The number of fused-ring (bicyclic) bond motifs is 7. The van der Waals surface area contributed by atoms with E-state index in [1.54, 1.807) is 0 Å². The van der Waals surface area contributed by atoms with Gasteiger partial charge in [0, 0.05) is 31.9 Å². The molecule has 2 heterocycles. The third-order valence-corrected chi connectivity index (χ3v) is 10.9. The van der Waals surface area contributed by atoms with Crippen LogP contribution in [0.4, 0.5) is 17.1 Å². The first-order chi connectivity index (χ1) is 24.3. The second-order valence-electron chi connectivity index (χ2n) is 12.5. The predicted octanol–water partition coefficient (Wildman–Crippen LogP) is 13.9. The largest absolute Gasteiger partial charge is 0.454 e. The van der Waals surface area contributed by atoms with Gasteiger partial charge in [0.15, 0.2) is 5.58 Å². The maximum atomic E-state index is 6.84. The lowest BCUT2D eigenvalue weighted by Gasteiger charge is -2.27. The van der Waals surface area contributed by atoms with Gasteiger partial charge in [0.05, 0.1) is 16.1 Å². The summed E-state index contributed by atoms with van der Waals surface area (Å²) in [6.45, 7) is 0. The van der Waals surface area contributed by atoms with Gasteiger partial charge in [-0.05, 0) is 69.4 Å². The van der Waals surface area contributed by atoms with E-state index in [4.69, 9.17) is 4.42 Å². The van der Waals surface area contributed by atoms with Gasteiger partial charge in [-0.3, -0.25) is 0 Å². The van der Waals surface area contributed by atoms with Crippen molar-refractivity contribution in [3.05, 3.63) is 176 Å². The SMILES string of the molecule is c1ccc(-c2ccc(N(c3ccc(-c4cccc5ccccc45)cc3)c3cccc4c3sc3ccccc34)c3oc4ccccc4c23)cc1. The van der Waals surface area contributed by atoms with Crippen molar-refractivity contribution >= 4 is 81.3 Å². The minimum absolute atomic E-state index is 0.874. The van der Waals surface area contributed by atoms with Crippen molar-refractivity contribution < 1.29 is 4.42 Å². The number of benzene rings is 8. The topological polar surface area (TPSA) is 16.4 Å². The summed E-state index contributed by atoms with van der Waals surface area (Å²) in [6, 6.07) is 63.1. The van der Waals surface area contributed by atoms with Crippen LogP contribution in [0.3, 0.4) is 0 Å². The highest BCUT2D eigenvalue weighted by Crippen LogP contribution is 2.49. The van der Waals surface area contributed by atoms with E-state index in [0.29, 0.717) is 0 Å². The van der Waals surface area contributed by atoms with Crippen molar-refractivity contribution in [2.45, 2.75) is 0 Å². The molecule has 0 unspecified atom stereocenters. The first-order valence-corrected chi connectivity index (χ1v) is 17.4. The molecule has 8 aromatic carbocycles. The maximum Gasteiger partial charge on any atom is 0.160 e. The molecular weight excluding hydrogens is 615 g/mol. The number of nitrogens with zero attached hydrogens (tertiary/aromatic N) is 1. The Morgan fingerprint density at radius 1 is 0.429 bits per heavy atom. The Labute approximate surface area is 287 Å². The van der Waals surface area contributed by atoms with Crippen LogP contribution >= 0.6 is 11.3 Å². The molecule has 0 atom stereocenters. The zero-order chi connectivity index (χ0) is 32.3. The Balaban J connectivity index is 1.25. The fraction of sp³-hybridized carbons (Fsp3) is 0. The van der Waals surface area contributed by atoms with Crippen molar-refractivity contribution in [3.63, 3.8) is 0 Å². The average Bonchev–Trinajstić information content (AvgIpc) is 3.75. The standard InChI is InChI=1S/C46H29NOS/c1-2-12-31(13-3-1)36-28-29-40(45-44(36)39-18-6-8-22-42(39)48-45)47(41-21-11-20-38-37-17-7-9-23-43(37)49-46(38)41)33-26-24-32(25-27-33)35-19-10-15-30-14-4-5-16-34(30)35/h1-29H. The maximum absolute atomic E-state index is 6.84. The minimum Gasteiger partial charge on any atom is -0.454 e. The first-order valence-electron chi connectivity index (χ1n) is 16.6. The highest BCUT2D eigenvalue weighted by molar-refractivity contribution is 7.26. The first kappa shape index (κ1) is 27.9. The number of hydrogen-bond donors (Lipinski definition) is 0. The van der Waals surface area contributed by atoms with Crippen LogP contribution in [0.5, 0.6) is 0 Å². The van der Waals surface area contributed by atoms with Gasteiger partial charge in [-0.25, -0.2) is 0 Å². The lowest BCUT2D eigenvalue weighted by molar-refractivity contribution is 0.669. The van der Waals surface area contributed by atoms with Gasteiger partial charge < -0.3 is 9.32 Å². The van der Waals surface area contributed by atoms with Gasteiger partial charge in [-0.2, -0.15) is 0 Å². The number of furan rings is 1. The molecule has 10 rings (SSSR count). The lowest BCUT2D eigenvalue weighted by Crippen LogP contribution is -2.10. The van der Waals surface area contributed by atoms with Crippen LogP contribution in [0, 0.1) is 0 Å². The molecule has 0 aliphatic carbocycles. The Kier molecular flexibility index (Phi) is 6.39. The fourth-order valence-corrected chi connectivity index (χ4v) is 8.64. The molecule has 0 aliphatic rings. The number of thiophene rings is 1. The summed E-state index contributed by atoms with van der Waals surface area (Å²) in [4.78, 5) is 2.39. The molecule has 0 amide bonds. The van der Waals surface area contributed by atoms with Crippen LogP contribution < -0.4 is 4.90 Å². The van der Waals surface area contributed by atoms with Crippen molar-refractivity contribution in [2.75, 3.05) is 4.90 Å². The van der Waals surface area contributed by atoms with Gasteiger partial charge in [0.1, 0.15) is 5.58 Å². The summed E-state index contributed by atoms with van der Waals surface area (Å²) in [7, 11) is 0. The monoisotopic (exact) mass is 643 g/mol. The summed E-state index contributed by atoms with van der Waals surface area (Å²) >= 11 is 1.85. The Bertz CT molecular complexity index is 2820. The lowest BCUT2D eigenvalue weighted by atomic mass is 9.97. The second kappa shape index (κ2) is 11.2. The van der Waals surface area contributed by atoms with Gasteiger partial charge >= 0.3 is 0 Å². The summed E-state index contributed by atoms with van der Waals surface area (Å²) in [5.41, 5.74) is 9.72. The van der Waals surface area contributed by atoms with E-state index in [0.717, 1.165) is 44.6 Å². The third kappa shape index (κ3) is 4.47. The van der Waals surface area contributed by atoms with E-state index in [2.05, 4.69) is 175 Å². The van der Waals surface area contributed by atoms with Crippen LogP contribution in [0.1, 0.15) is 0 Å². The molecule has 230 valence electrons. The summed E-state index contributed by atoms with van der Waals surface area (Å²) in [5, 5.41) is 7.28. The summed E-state index contributed by atoms with van der Waals surface area (Å²) in [5.74, 6) is 0. The second-order valence-corrected chi connectivity index (χ2v) is 13.5. The van der Waals surface area contributed by atoms with Gasteiger partial charge in [-0.15, -0.1) is 11.3 Å². The van der Waals surface area contributed by atoms with Crippen molar-refractivity contribution in [3.8, 4) is 22.3 Å². The molecule has 0 saturated heterocycles. The van der Waals surface area contributed by atoms with Crippen LogP contribution in [-0.2, 0) is 0 Å². The van der Waals surface area contributed by atoms with Crippen molar-refractivity contribution in [2.24, 2.45) is 0 Å². The number of rotatable bonds is 5. The van der Waals surface area contributed by atoms with E-state index in [9.17, 15) is 0 Å². The molecule has 0 radical (unpaired) electrons. The zero-order valence-corrected chi connectivity index (χ0v) is 27.3. The van der Waals surface area contributed by atoms with Crippen LogP contribution in [0.2, 0.25) is 0 Å². The van der Waals surface area contributed by atoms with Gasteiger partial charge in [0.25, 0.3) is 0 Å². The smallest absolute Gasteiger partial charge is 0.160 e. The normalized spacial score (nSPS) is 11.7. The Morgan fingerprint density at radius 3 is 1.98 bits per heavy atom. The molecule has 2 aromatic heterocycles. The van der Waals surface area contributed by atoms with E-state index in [1.807, 2.05) is 17.4 Å². The molecule has 0 aliphatic heterocycles. The van der Waals surface area contributed by atoms with E-state index >= 15 is 0 Å². The summed E-state index contributed by atoms with van der Waals surface area (Å²) < 4.78 is 9.37. The predicted molar refractivity (Wildman–Crippen MR) is 210 cm³/mol. The number of hydrogen-bond acceptors (Lipinski definition) is 3. The Morgan fingerprint density at radius 2 is 1.10 bits per heavy atom. The highest BCUT2D eigenvalue weighted by Gasteiger charge is 2.24. The van der Waals surface area contributed by atoms with Gasteiger partial charge in [0.2, 0.25) is 0 Å². The van der Waals surface area contributed by atoms with Crippen LogP contribution in [-0.4, -0.2) is 0 Å². The molecule has 2 nitrogen and oxygen atoms in total. The molecule has 3 heteroatoms. The molecule has 10 aromatic rings. The quantitative estimate of drug-likeness (QED) is 0.186. The van der Waals surface area contributed by atoms with Crippen molar-refractivity contribution in [1.29, 1.82) is 0 Å². The number of anilines is 3. The van der Waals surface area contributed by atoms with E-state index in [1.165, 1.54) is 47.6 Å². The molecule has 0 bridgehead atoms. The molecule has 0 N–H and O–H groups in total. The molecule has 0 fully saturated rings. The van der Waals surface area contributed by atoms with Crippen LogP contribution in [0.15, 0.2) is 180 Å². The summed E-state index contributed by atoms with van der Waals surface area (Å²) in [6.07, 6.45) is 0. The molecule has 49 heavy (non-hydrogen) atoms. The van der Waals surface area contributed by atoms with E-state index in [-0.39, 0.29) is 0 Å². The third-order valence-electron chi connectivity index (χ3n) is 9.68.